The second-order valence-electron chi connectivity index (χ2n) is 5.11. The Morgan fingerprint density at radius 2 is 1.85 bits per heavy atom. The number of hydrogen-bond donors (Lipinski definition) is 1. The van der Waals surface area contributed by atoms with Gasteiger partial charge in [-0.3, -0.25) is 4.79 Å². The minimum absolute atomic E-state index is 0.00606. The van der Waals surface area contributed by atoms with Crippen LogP contribution in [0.15, 0.2) is 12.3 Å². The fourth-order valence-corrected chi connectivity index (χ4v) is 3.26. The van der Waals surface area contributed by atoms with Crippen molar-refractivity contribution in [2.75, 3.05) is 18.5 Å². The Bertz CT molecular complexity index is 862. The van der Waals surface area contributed by atoms with Crippen molar-refractivity contribution in [2.24, 2.45) is 0 Å². The minimum atomic E-state index is -2.89. The summed E-state index contributed by atoms with van der Waals surface area (Å²) in [6.45, 7) is 2.11. The summed E-state index contributed by atoms with van der Waals surface area (Å²) in [7, 11) is 0. The first-order valence-corrected chi connectivity index (χ1v) is 8.74. The molecule has 8 nitrogen and oxygen atoms in total. The van der Waals surface area contributed by atoms with Gasteiger partial charge in [0, 0.05) is 6.20 Å². The van der Waals surface area contributed by atoms with E-state index in [0.717, 1.165) is 23.6 Å². The molecule has 0 fully saturated rings. The van der Waals surface area contributed by atoms with Crippen molar-refractivity contribution in [1.82, 2.24) is 9.78 Å². The molecule has 11 heteroatoms. The number of carbonyl (C=O) groups is 3. The van der Waals surface area contributed by atoms with E-state index in [0.29, 0.717) is 10.2 Å². The van der Waals surface area contributed by atoms with Crippen LogP contribution < -0.4 is 5.32 Å². The molecule has 0 aliphatic carbocycles. The molecular weight excluding hydrogens is 384 g/mol. The predicted octanol–water partition coefficient (Wildman–Crippen LogP) is 3.25. The third-order valence-electron chi connectivity index (χ3n) is 3.36. The number of anilines is 1. The van der Waals surface area contributed by atoms with Crippen LogP contribution in [-0.4, -0.2) is 40.8 Å². The summed E-state index contributed by atoms with van der Waals surface area (Å²) in [5.41, 5.74) is 0.0331. The number of aromatic nitrogens is 2. The van der Waals surface area contributed by atoms with Crippen molar-refractivity contribution >= 4 is 34.2 Å². The molecule has 0 aromatic carbocycles. The summed E-state index contributed by atoms with van der Waals surface area (Å²) in [4.78, 5) is 36.8. The number of rotatable bonds is 7. The number of nitrogens with one attached hydrogen (secondary N) is 1. The first-order chi connectivity index (χ1) is 12.8. The lowest BCUT2D eigenvalue weighted by Gasteiger charge is -2.06. The Balaban J connectivity index is 2.38. The van der Waals surface area contributed by atoms with Crippen LogP contribution in [0.4, 0.5) is 13.8 Å². The fourth-order valence-electron chi connectivity index (χ4n) is 2.18. The van der Waals surface area contributed by atoms with Crippen LogP contribution in [0.5, 0.6) is 0 Å². The Kier molecular flexibility index (Phi) is 6.61. The number of alkyl halides is 2. The number of esters is 2. The van der Waals surface area contributed by atoms with E-state index >= 15 is 0 Å². The summed E-state index contributed by atoms with van der Waals surface area (Å²) in [5, 5.41) is 5.94. The Labute approximate surface area is 157 Å². The van der Waals surface area contributed by atoms with Crippen molar-refractivity contribution in [3.8, 4) is 0 Å². The summed E-state index contributed by atoms with van der Waals surface area (Å²) in [5.74, 6) is -2.18. The maximum Gasteiger partial charge on any atom is 0.348 e. The lowest BCUT2D eigenvalue weighted by atomic mass is 10.1. The van der Waals surface area contributed by atoms with E-state index in [4.69, 9.17) is 9.47 Å². The molecule has 0 bridgehead atoms. The van der Waals surface area contributed by atoms with Crippen molar-refractivity contribution in [2.45, 2.75) is 27.3 Å². The zero-order chi connectivity index (χ0) is 20.1. The molecule has 0 spiro atoms. The molecule has 146 valence electrons. The van der Waals surface area contributed by atoms with Crippen LogP contribution in [-0.2, 0) is 9.47 Å². The van der Waals surface area contributed by atoms with Gasteiger partial charge in [0.05, 0.1) is 18.8 Å². The van der Waals surface area contributed by atoms with Crippen LogP contribution >= 0.6 is 11.3 Å². The van der Waals surface area contributed by atoms with E-state index in [-0.39, 0.29) is 34.3 Å². The zero-order valence-corrected chi connectivity index (χ0v) is 15.6. The lowest BCUT2D eigenvalue weighted by molar-refractivity contribution is 0.0526. The predicted molar refractivity (Wildman–Crippen MR) is 92.4 cm³/mol. The summed E-state index contributed by atoms with van der Waals surface area (Å²) >= 11 is 0.834. The van der Waals surface area contributed by atoms with Crippen LogP contribution in [0.1, 0.15) is 56.5 Å². The van der Waals surface area contributed by atoms with Gasteiger partial charge in [0.25, 0.3) is 5.91 Å². The molecule has 0 aliphatic heterocycles. The maximum absolute atomic E-state index is 12.6. The van der Waals surface area contributed by atoms with Crippen molar-refractivity contribution in [1.29, 1.82) is 0 Å². The maximum atomic E-state index is 12.6. The molecule has 0 aliphatic rings. The van der Waals surface area contributed by atoms with Gasteiger partial charge in [-0.1, -0.05) is 0 Å². The Morgan fingerprint density at radius 1 is 1.22 bits per heavy atom. The molecule has 0 atom stereocenters. The van der Waals surface area contributed by atoms with Crippen LogP contribution in [0.3, 0.4) is 0 Å². The van der Waals surface area contributed by atoms with E-state index < -0.39 is 24.4 Å². The van der Waals surface area contributed by atoms with Gasteiger partial charge in [0.2, 0.25) is 0 Å². The molecular formula is C16H17F2N3O5S. The van der Waals surface area contributed by atoms with Crippen LogP contribution in [0.25, 0.3) is 0 Å². The molecule has 2 aromatic rings. The second-order valence-corrected chi connectivity index (χ2v) is 6.13. The number of carbonyl (C=O) groups excluding carboxylic acids is 3. The van der Waals surface area contributed by atoms with Crippen molar-refractivity contribution < 1.29 is 32.6 Å². The molecule has 1 N–H and O–H groups in total. The third-order valence-corrected chi connectivity index (χ3v) is 4.54. The monoisotopic (exact) mass is 401 g/mol. The first-order valence-electron chi connectivity index (χ1n) is 7.92. The van der Waals surface area contributed by atoms with E-state index in [1.165, 1.54) is 6.92 Å². The van der Waals surface area contributed by atoms with E-state index in [1.54, 1.807) is 13.8 Å². The highest BCUT2D eigenvalue weighted by atomic mass is 32.1. The number of hydrogen-bond acceptors (Lipinski definition) is 7. The highest BCUT2D eigenvalue weighted by molar-refractivity contribution is 7.18. The molecule has 1 amide bonds. The number of ether oxygens (including phenoxy) is 2. The van der Waals surface area contributed by atoms with Gasteiger partial charge in [-0.2, -0.15) is 13.9 Å². The van der Waals surface area contributed by atoms with Crippen molar-refractivity contribution in [3.05, 3.63) is 34.0 Å². The molecule has 2 rings (SSSR count). The average Bonchev–Trinajstić information content (AvgIpc) is 3.20. The first kappa shape index (κ1) is 20.5. The summed E-state index contributed by atoms with van der Waals surface area (Å²) < 4.78 is 35.4. The van der Waals surface area contributed by atoms with Gasteiger partial charge in [-0.05, 0) is 32.4 Å². The molecule has 27 heavy (non-hydrogen) atoms. The van der Waals surface area contributed by atoms with E-state index in [9.17, 15) is 23.2 Å². The summed E-state index contributed by atoms with van der Waals surface area (Å²) in [6.07, 6.45) is 0.954. The fraction of sp³-hybridized carbons (Fsp3) is 0.375. The largest absolute Gasteiger partial charge is 0.462 e. The number of thiophene rings is 1. The normalized spacial score (nSPS) is 10.7. The molecule has 0 saturated heterocycles. The average molecular weight is 401 g/mol. The van der Waals surface area contributed by atoms with Gasteiger partial charge in [0.15, 0.2) is 5.69 Å². The topological polar surface area (TPSA) is 99.5 Å². The SMILES string of the molecule is CCOC(=O)c1sc(NC(=O)c2ccn(C(F)F)n2)c(C(=O)OCC)c1C. The van der Waals surface area contributed by atoms with Gasteiger partial charge in [0.1, 0.15) is 9.88 Å². The molecule has 0 radical (unpaired) electrons. The quantitative estimate of drug-likeness (QED) is 0.715. The summed E-state index contributed by atoms with van der Waals surface area (Å²) in [6, 6.07) is 1.11. The molecule has 2 heterocycles. The third kappa shape index (κ3) is 4.48. The van der Waals surface area contributed by atoms with Crippen LogP contribution in [0.2, 0.25) is 0 Å². The molecule has 2 aromatic heterocycles. The molecule has 0 unspecified atom stereocenters. The van der Waals surface area contributed by atoms with E-state index in [1.807, 2.05) is 0 Å². The smallest absolute Gasteiger partial charge is 0.348 e. The van der Waals surface area contributed by atoms with Crippen LogP contribution in [0, 0.1) is 6.92 Å². The van der Waals surface area contributed by atoms with Gasteiger partial charge in [-0.15, -0.1) is 11.3 Å². The highest BCUT2D eigenvalue weighted by Gasteiger charge is 2.28. The number of nitrogens with zero attached hydrogens (tertiary/aromatic N) is 2. The number of halogens is 2. The van der Waals surface area contributed by atoms with Gasteiger partial charge in [-0.25, -0.2) is 14.3 Å². The second kappa shape index (κ2) is 8.71. The zero-order valence-electron chi connectivity index (χ0n) is 14.7. The Morgan fingerprint density at radius 3 is 2.41 bits per heavy atom. The van der Waals surface area contributed by atoms with Crippen molar-refractivity contribution in [3.63, 3.8) is 0 Å². The Hall–Kier alpha value is -2.82. The molecule has 0 saturated carbocycles. The highest BCUT2D eigenvalue weighted by Crippen LogP contribution is 2.34. The standard InChI is InChI=1S/C16H17F2N3O5S/c1-4-25-14(23)10-8(3)11(15(24)26-5-2)27-13(10)19-12(22)9-6-7-21(20-9)16(17)18/h6-7,16H,4-5H2,1-3H3,(H,19,22). The van der Waals surface area contributed by atoms with Gasteiger partial charge < -0.3 is 14.8 Å². The number of amides is 1. The minimum Gasteiger partial charge on any atom is -0.462 e. The van der Waals surface area contributed by atoms with E-state index in [2.05, 4.69) is 10.4 Å². The lowest BCUT2D eigenvalue weighted by Crippen LogP contribution is -2.16. The van der Waals surface area contributed by atoms with Gasteiger partial charge >= 0.3 is 18.5 Å².